The number of amides is 1. The fourth-order valence-corrected chi connectivity index (χ4v) is 3.27. The van der Waals surface area contributed by atoms with Gasteiger partial charge in [-0.25, -0.2) is 9.67 Å². The Morgan fingerprint density at radius 3 is 2.47 bits per heavy atom. The van der Waals surface area contributed by atoms with Crippen LogP contribution in [0.3, 0.4) is 0 Å². The lowest BCUT2D eigenvalue weighted by Gasteiger charge is -2.08. The van der Waals surface area contributed by atoms with Gasteiger partial charge in [-0.05, 0) is 55.8 Å². The van der Waals surface area contributed by atoms with Gasteiger partial charge in [-0.15, -0.1) is 0 Å². The zero-order valence-electron chi connectivity index (χ0n) is 17.0. The van der Waals surface area contributed by atoms with Gasteiger partial charge in [-0.3, -0.25) is 9.59 Å². The van der Waals surface area contributed by atoms with Crippen molar-refractivity contribution in [1.82, 2.24) is 19.3 Å². The van der Waals surface area contributed by atoms with Gasteiger partial charge in [-0.1, -0.05) is 12.1 Å². The van der Waals surface area contributed by atoms with E-state index in [1.54, 1.807) is 59.2 Å². The molecule has 0 aliphatic heterocycles. The van der Waals surface area contributed by atoms with Gasteiger partial charge in [-0.2, -0.15) is 5.10 Å². The van der Waals surface area contributed by atoms with Gasteiger partial charge in [0.15, 0.2) is 5.82 Å². The van der Waals surface area contributed by atoms with E-state index in [2.05, 4.69) is 15.4 Å². The Morgan fingerprint density at radius 2 is 1.80 bits per heavy atom. The first-order valence-corrected chi connectivity index (χ1v) is 9.49. The number of hydrogen-bond donors (Lipinski definition) is 1. The molecule has 4 rings (SSSR count). The highest BCUT2D eigenvalue weighted by atomic mass is 16.1. The minimum atomic E-state index is -0.255. The molecule has 0 aliphatic carbocycles. The molecule has 30 heavy (non-hydrogen) atoms. The molecule has 0 aliphatic rings. The number of nitrogens with one attached hydrogen (secondary N) is 1. The van der Waals surface area contributed by atoms with Crippen LogP contribution >= 0.6 is 0 Å². The smallest absolute Gasteiger partial charge is 0.259 e. The quantitative estimate of drug-likeness (QED) is 0.519. The van der Waals surface area contributed by atoms with E-state index in [1.807, 2.05) is 38.1 Å². The van der Waals surface area contributed by atoms with Crippen molar-refractivity contribution in [2.45, 2.75) is 13.8 Å². The third-order valence-electron chi connectivity index (χ3n) is 4.93. The Hall–Kier alpha value is -4.00. The van der Waals surface area contributed by atoms with Crippen molar-refractivity contribution in [2.24, 2.45) is 7.05 Å². The molecule has 2 aromatic carbocycles. The molecule has 0 saturated heterocycles. The van der Waals surface area contributed by atoms with Crippen LogP contribution < -0.4 is 5.32 Å². The summed E-state index contributed by atoms with van der Waals surface area (Å²) in [7, 11) is 1.77. The van der Waals surface area contributed by atoms with Gasteiger partial charge in [0.25, 0.3) is 5.91 Å². The number of ketones is 1. The van der Waals surface area contributed by atoms with E-state index in [1.165, 1.54) is 0 Å². The summed E-state index contributed by atoms with van der Waals surface area (Å²) in [5.41, 5.74) is 4.37. The van der Waals surface area contributed by atoms with Crippen LogP contribution in [0, 0.1) is 13.8 Å². The van der Waals surface area contributed by atoms with Crippen molar-refractivity contribution in [3.8, 4) is 5.69 Å². The van der Waals surface area contributed by atoms with Crippen LogP contribution in [-0.2, 0) is 7.05 Å². The van der Waals surface area contributed by atoms with E-state index < -0.39 is 0 Å². The standard InChI is InChI=1S/C23H21N5O2/c1-15-5-4-6-19(13-15)28-16(2)20(14-25-28)23(30)26-18-9-7-17(8-10-18)21(29)22-24-11-12-27(22)3/h4-14H,1-3H3,(H,26,30). The third kappa shape index (κ3) is 3.65. The fourth-order valence-electron chi connectivity index (χ4n) is 3.27. The van der Waals surface area contributed by atoms with Crippen molar-refractivity contribution < 1.29 is 9.59 Å². The van der Waals surface area contributed by atoms with Gasteiger partial charge in [0.1, 0.15) is 0 Å². The number of aromatic nitrogens is 4. The molecule has 2 heterocycles. The molecule has 1 N–H and O–H groups in total. The van der Waals surface area contributed by atoms with Crippen molar-refractivity contribution >= 4 is 17.4 Å². The molecule has 0 spiro atoms. The predicted molar refractivity (Wildman–Crippen MR) is 114 cm³/mol. The molecule has 0 radical (unpaired) electrons. The minimum Gasteiger partial charge on any atom is -0.331 e. The SMILES string of the molecule is Cc1cccc(-n2ncc(C(=O)Nc3ccc(C(=O)c4nccn4C)cc3)c2C)c1. The molecular weight excluding hydrogens is 378 g/mol. The lowest BCUT2D eigenvalue weighted by Crippen LogP contribution is -2.13. The number of rotatable bonds is 5. The van der Waals surface area contributed by atoms with E-state index in [0.29, 0.717) is 22.6 Å². The first-order valence-electron chi connectivity index (χ1n) is 9.49. The maximum atomic E-state index is 12.8. The number of nitrogens with zero attached hydrogens (tertiary/aromatic N) is 4. The second-order valence-electron chi connectivity index (χ2n) is 7.12. The van der Waals surface area contributed by atoms with Gasteiger partial charge in [0.2, 0.25) is 5.78 Å². The summed E-state index contributed by atoms with van der Waals surface area (Å²) in [6.45, 7) is 3.87. The predicted octanol–water partition coefficient (Wildman–Crippen LogP) is 3.71. The van der Waals surface area contributed by atoms with E-state index in [4.69, 9.17) is 0 Å². The van der Waals surface area contributed by atoms with E-state index in [-0.39, 0.29) is 11.7 Å². The zero-order valence-corrected chi connectivity index (χ0v) is 17.0. The van der Waals surface area contributed by atoms with Crippen LogP contribution in [0.1, 0.15) is 37.8 Å². The summed E-state index contributed by atoms with van der Waals surface area (Å²) in [5.74, 6) is -0.0591. The summed E-state index contributed by atoms with van der Waals surface area (Å²) in [4.78, 5) is 29.3. The van der Waals surface area contributed by atoms with Crippen molar-refractivity contribution in [2.75, 3.05) is 5.32 Å². The Morgan fingerprint density at radius 1 is 1.03 bits per heavy atom. The topological polar surface area (TPSA) is 81.8 Å². The molecule has 0 bridgehead atoms. The van der Waals surface area contributed by atoms with Crippen molar-refractivity contribution in [3.05, 3.63) is 95.3 Å². The summed E-state index contributed by atoms with van der Waals surface area (Å²) < 4.78 is 3.42. The normalized spacial score (nSPS) is 10.8. The summed E-state index contributed by atoms with van der Waals surface area (Å²) in [5, 5.41) is 7.23. The van der Waals surface area contributed by atoms with Crippen molar-refractivity contribution in [1.29, 1.82) is 0 Å². The van der Waals surface area contributed by atoms with Crippen LogP contribution in [0.4, 0.5) is 5.69 Å². The highest BCUT2D eigenvalue weighted by Gasteiger charge is 2.17. The summed E-state index contributed by atoms with van der Waals surface area (Å²) in [6.07, 6.45) is 4.87. The molecule has 7 heteroatoms. The number of benzene rings is 2. The lowest BCUT2D eigenvalue weighted by molar-refractivity contribution is 0.101. The molecule has 4 aromatic rings. The third-order valence-corrected chi connectivity index (χ3v) is 4.93. The highest BCUT2D eigenvalue weighted by Crippen LogP contribution is 2.18. The van der Waals surface area contributed by atoms with Gasteiger partial charge < -0.3 is 9.88 Å². The van der Waals surface area contributed by atoms with Gasteiger partial charge in [0.05, 0.1) is 23.1 Å². The van der Waals surface area contributed by atoms with Crippen LogP contribution in [-0.4, -0.2) is 31.0 Å². The number of hydrogen-bond acceptors (Lipinski definition) is 4. The number of imidazole rings is 1. The number of anilines is 1. The largest absolute Gasteiger partial charge is 0.331 e. The van der Waals surface area contributed by atoms with Crippen LogP contribution in [0.15, 0.2) is 67.1 Å². The first kappa shape index (κ1) is 19.3. The van der Waals surface area contributed by atoms with Gasteiger partial charge in [0, 0.05) is 30.7 Å². The lowest BCUT2D eigenvalue weighted by atomic mass is 10.1. The monoisotopic (exact) mass is 399 g/mol. The molecule has 2 aromatic heterocycles. The van der Waals surface area contributed by atoms with Crippen molar-refractivity contribution in [3.63, 3.8) is 0 Å². The number of carbonyl (C=O) groups excluding carboxylic acids is 2. The van der Waals surface area contributed by atoms with Crippen LogP contribution in [0.25, 0.3) is 5.69 Å². The Balaban J connectivity index is 1.51. The summed E-state index contributed by atoms with van der Waals surface area (Å²) >= 11 is 0. The fraction of sp³-hybridized carbons (Fsp3) is 0.130. The average molecular weight is 399 g/mol. The molecular formula is C23H21N5O2. The molecule has 7 nitrogen and oxygen atoms in total. The van der Waals surface area contributed by atoms with E-state index in [9.17, 15) is 9.59 Å². The zero-order chi connectivity index (χ0) is 21.3. The second-order valence-corrected chi connectivity index (χ2v) is 7.12. The van der Waals surface area contributed by atoms with Crippen LogP contribution in [0.5, 0.6) is 0 Å². The first-order chi connectivity index (χ1) is 14.4. The maximum Gasteiger partial charge on any atom is 0.259 e. The maximum absolute atomic E-state index is 12.8. The number of aryl methyl sites for hydroxylation is 2. The Bertz CT molecular complexity index is 1230. The van der Waals surface area contributed by atoms with E-state index >= 15 is 0 Å². The highest BCUT2D eigenvalue weighted by molar-refractivity contribution is 6.08. The molecule has 0 atom stereocenters. The van der Waals surface area contributed by atoms with Gasteiger partial charge >= 0.3 is 0 Å². The molecule has 1 amide bonds. The number of carbonyl (C=O) groups is 2. The summed E-state index contributed by atoms with van der Waals surface area (Å²) in [6, 6.07) is 14.7. The molecule has 0 saturated carbocycles. The van der Waals surface area contributed by atoms with E-state index in [0.717, 1.165) is 16.9 Å². The molecule has 0 unspecified atom stereocenters. The molecule has 150 valence electrons. The second kappa shape index (κ2) is 7.79. The average Bonchev–Trinajstić information content (AvgIpc) is 3.33. The molecule has 0 fully saturated rings. The van der Waals surface area contributed by atoms with Crippen LogP contribution in [0.2, 0.25) is 0 Å². The Labute approximate surface area is 174 Å². The Kier molecular flexibility index (Phi) is 5.02. The minimum absolute atomic E-state index is 0.171.